The molecule has 0 spiro atoms. The normalized spacial score (nSPS) is 21.5. The zero-order valence-electron chi connectivity index (χ0n) is 12.7. The monoisotopic (exact) mass is 292 g/mol. The molecule has 1 aliphatic heterocycles. The van der Waals surface area contributed by atoms with Crippen molar-refractivity contribution in [2.24, 2.45) is 11.7 Å². The molecule has 2 rings (SSSR count). The topological polar surface area (TPSA) is 73.6 Å². The van der Waals surface area contributed by atoms with Gasteiger partial charge in [0.1, 0.15) is 11.9 Å². The van der Waals surface area contributed by atoms with Gasteiger partial charge in [-0.25, -0.2) is 0 Å². The first-order valence-corrected chi connectivity index (χ1v) is 7.48. The third kappa shape index (κ3) is 4.44. The first-order valence-electron chi connectivity index (χ1n) is 7.48. The summed E-state index contributed by atoms with van der Waals surface area (Å²) in [4.78, 5) is 12.2. The number of nitrogens with two attached hydrogens (primary N) is 1. The van der Waals surface area contributed by atoms with Gasteiger partial charge in [-0.1, -0.05) is 26.0 Å². The molecule has 3 N–H and O–H groups in total. The molecule has 1 amide bonds. The van der Waals surface area contributed by atoms with Crippen LogP contribution in [0.1, 0.15) is 26.7 Å². The molecule has 116 valence electrons. The summed E-state index contributed by atoms with van der Waals surface area (Å²) in [5, 5.41) is 2.89. The van der Waals surface area contributed by atoms with Gasteiger partial charge in [-0.05, 0) is 30.9 Å². The van der Waals surface area contributed by atoms with Crippen LogP contribution >= 0.6 is 0 Å². The molecule has 1 fully saturated rings. The first-order chi connectivity index (χ1) is 10.1. The van der Waals surface area contributed by atoms with Gasteiger partial charge in [0.2, 0.25) is 0 Å². The second-order valence-electron chi connectivity index (χ2n) is 5.75. The van der Waals surface area contributed by atoms with Gasteiger partial charge >= 0.3 is 0 Å². The lowest BCUT2D eigenvalue weighted by Crippen LogP contribution is -2.30. The van der Waals surface area contributed by atoms with E-state index < -0.39 is 6.10 Å². The maximum Gasteiger partial charge on any atom is 0.253 e. The van der Waals surface area contributed by atoms with E-state index in [9.17, 15) is 4.79 Å². The number of carbonyl (C=O) groups is 1. The summed E-state index contributed by atoms with van der Waals surface area (Å²) in [5.41, 5.74) is 6.25. The molecule has 0 saturated carbocycles. The number of carbonyl (C=O) groups excluding carboxylic acids is 1. The van der Waals surface area contributed by atoms with Gasteiger partial charge in [-0.3, -0.25) is 4.79 Å². The number of amides is 1. The van der Waals surface area contributed by atoms with E-state index in [1.807, 2.05) is 24.3 Å². The van der Waals surface area contributed by atoms with Crippen LogP contribution < -0.4 is 15.8 Å². The van der Waals surface area contributed by atoms with Crippen molar-refractivity contribution in [1.29, 1.82) is 0 Å². The van der Waals surface area contributed by atoms with Crippen molar-refractivity contribution in [1.82, 2.24) is 0 Å². The van der Waals surface area contributed by atoms with E-state index in [-0.39, 0.29) is 12.0 Å². The molecule has 21 heavy (non-hydrogen) atoms. The average Bonchev–Trinajstić information content (AvgIpc) is 2.95. The fourth-order valence-corrected chi connectivity index (χ4v) is 2.24. The molecule has 1 saturated heterocycles. The minimum atomic E-state index is -0.420. The molecule has 0 aromatic heterocycles. The zero-order chi connectivity index (χ0) is 15.2. The maximum atomic E-state index is 12.2. The van der Waals surface area contributed by atoms with Gasteiger partial charge < -0.3 is 20.5 Å². The van der Waals surface area contributed by atoms with Crippen LogP contribution in [-0.2, 0) is 9.53 Å². The molecule has 1 aromatic carbocycles. The molecule has 1 aromatic rings. The Hall–Kier alpha value is -1.59. The van der Waals surface area contributed by atoms with Crippen LogP contribution in [0.3, 0.4) is 0 Å². The second kappa shape index (κ2) is 7.43. The molecule has 0 bridgehead atoms. The highest BCUT2D eigenvalue weighted by atomic mass is 16.5. The molecule has 0 radical (unpaired) electrons. The molecule has 2 atom stereocenters. The molecule has 5 heteroatoms. The number of benzene rings is 1. The first kappa shape index (κ1) is 15.8. The average molecular weight is 292 g/mol. The smallest absolute Gasteiger partial charge is 0.253 e. The van der Waals surface area contributed by atoms with E-state index in [0.29, 0.717) is 36.9 Å². The zero-order valence-corrected chi connectivity index (χ0v) is 12.7. The summed E-state index contributed by atoms with van der Waals surface area (Å²) in [7, 11) is 0. The Morgan fingerprint density at radius 2 is 2.19 bits per heavy atom. The summed E-state index contributed by atoms with van der Waals surface area (Å²) in [6, 6.07) is 7.46. The SMILES string of the molecule is CC(C)COc1ccccc1NC(=O)[C@@H]1CC[C@H](CN)O1. The highest BCUT2D eigenvalue weighted by Crippen LogP contribution is 2.26. The minimum absolute atomic E-state index is 0.00631. The Labute approximate surface area is 125 Å². The fourth-order valence-electron chi connectivity index (χ4n) is 2.24. The third-order valence-corrected chi connectivity index (χ3v) is 3.38. The van der Waals surface area contributed by atoms with E-state index in [4.69, 9.17) is 15.2 Å². The highest BCUT2D eigenvalue weighted by Gasteiger charge is 2.30. The predicted octanol–water partition coefficient (Wildman–Crippen LogP) is 2.17. The van der Waals surface area contributed by atoms with Crippen LogP contribution in [0, 0.1) is 5.92 Å². The van der Waals surface area contributed by atoms with Crippen LogP contribution in [0.4, 0.5) is 5.69 Å². The fraction of sp³-hybridized carbons (Fsp3) is 0.562. The lowest BCUT2D eigenvalue weighted by atomic mass is 10.2. The number of anilines is 1. The van der Waals surface area contributed by atoms with E-state index in [2.05, 4.69) is 19.2 Å². The molecule has 5 nitrogen and oxygen atoms in total. The number of para-hydroxylation sites is 2. The van der Waals surface area contributed by atoms with Crippen molar-refractivity contribution in [3.05, 3.63) is 24.3 Å². The van der Waals surface area contributed by atoms with E-state index in [1.54, 1.807) is 0 Å². The second-order valence-corrected chi connectivity index (χ2v) is 5.75. The van der Waals surface area contributed by atoms with Crippen LogP contribution in [-0.4, -0.2) is 31.3 Å². The Morgan fingerprint density at radius 3 is 2.86 bits per heavy atom. The molecule has 0 aliphatic carbocycles. The Balaban J connectivity index is 1.97. The number of nitrogens with one attached hydrogen (secondary N) is 1. The number of hydrogen-bond donors (Lipinski definition) is 2. The molecular formula is C16H24N2O3. The predicted molar refractivity (Wildman–Crippen MR) is 82.4 cm³/mol. The van der Waals surface area contributed by atoms with Crippen molar-refractivity contribution in [2.75, 3.05) is 18.5 Å². The van der Waals surface area contributed by atoms with Crippen molar-refractivity contribution in [2.45, 2.75) is 38.9 Å². The summed E-state index contributed by atoms with van der Waals surface area (Å²) < 4.78 is 11.3. The van der Waals surface area contributed by atoms with Gasteiger partial charge in [0.05, 0.1) is 18.4 Å². The molecule has 0 unspecified atom stereocenters. The van der Waals surface area contributed by atoms with Gasteiger partial charge in [0.15, 0.2) is 0 Å². The van der Waals surface area contributed by atoms with Crippen molar-refractivity contribution >= 4 is 11.6 Å². The van der Waals surface area contributed by atoms with Gasteiger partial charge in [-0.15, -0.1) is 0 Å². The number of hydrogen-bond acceptors (Lipinski definition) is 4. The maximum absolute atomic E-state index is 12.2. The van der Waals surface area contributed by atoms with Gasteiger partial charge in [-0.2, -0.15) is 0 Å². The van der Waals surface area contributed by atoms with E-state index >= 15 is 0 Å². The summed E-state index contributed by atoms with van der Waals surface area (Å²) in [6.07, 6.45) is 1.12. The summed E-state index contributed by atoms with van der Waals surface area (Å²) >= 11 is 0. The van der Waals surface area contributed by atoms with Crippen LogP contribution in [0.25, 0.3) is 0 Å². The Morgan fingerprint density at radius 1 is 1.43 bits per heavy atom. The molecular weight excluding hydrogens is 268 g/mol. The number of rotatable bonds is 6. The van der Waals surface area contributed by atoms with Crippen LogP contribution in [0.2, 0.25) is 0 Å². The van der Waals surface area contributed by atoms with Crippen molar-refractivity contribution < 1.29 is 14.3 Å². The minimum Gasteiger partial charge on any atom is -0.491 e. The third-order valence-electron chi connectivity index (χ3n) is 3.38. The molecule has 1 aliphatic rings. The lowest BCUT2D eigenvalue weighted by molar-refractivity contribution is -0.126. The highest BCUT2D eigenvalue weighted by molar-refractivity contribution is 5.95. The number of ether oxygens (including phenoxy) is 2. The van der Waals surface area contributed by atoms with E-state index in [0.717, 1.165) is 6.42 Å². The van der Waals surface area contributed by atoms with Gasteiger partial charge in [0, 0.05) is 6.54 Å². The van der Waals surface area contributed by atoms with E-state index in [1.165, 1.54) is 0 Å². The van der Waals surface area contributed by atoms with Gasteiger partial charge in [0.25, 0.3) is 5.91 Å². The largest absolute Gasteiger partial charge is 0.491 e. The van der Waals surface area contributed by atoms with Crippen molar-refractivity contribution in [3.63, 3.8) is 0 Å². The Bertz CT molecular complexity index is 476. The van der Waals surface area contributed by atoms with Crippen LogP contribution in [0.5, 0.6) is 5.75 Å². The Kier molecular flexibility index (Phi) is 5.59. The van der Waals surface area contributed by atoms with Crippen molar-refractivity contribution in [3.8, 4) is 5.75 Å². The quantitative estimate of drug-likeness (QED) is 0.842. The lowest BCUT2D eigenvalue weighted by Gasteiger charge is -2.16. The summed E-state index contributed by atoms with van der Waals surface area (Å²) in [5.74, 6) is 0.983. The molecule has 1 heterocycles. The van der Waals surface area contributed by atoms with Crippen LogP contribution in [0.15, 0.2) is 24.3 Å². The summed E-state index contributed by atoms with van der Waals surface area (Å²) in [6.45, 7) is 5.24. The standard InChI is InChI=1S/C16H24N2O3/c1-11(2)10-20-14-6-4-3-5-13(14)18-16(19)15-8-7-12(9-17)21-15/h3-6,11-12,15H,7-10,17H2,1-2H3,(H,18,19)/t12-,15+/m1/s1.